The Labute approximate surface area is 392 Å². The summed E-state index contributed by atoms with van der Waals surface area (Å²) in [5.74, 6) is 0. The second-order valence-corrected chi connectivity index (χ2v) is 19.1. The van der Waals surface area contributed by atoms with E-state index in [1.807, 2.05) is 48.5 Å². The zero-order valence-corrected chi connectivity index (χ0v) is 37.9. The summed E-state index contributed by atoms with van der Waals surface area (Å²) in [6.07, 6.45) is 0. The van der Waals surface area contributed by atoms with Crippen LogP contribution < -0.4 is 4.90 Å². The minimum atomic E-state index is -0.140. The minimum absolute atomic E-state index is 0.128. The van der Waals surface area contributed by atoms with Crippen molar-refractivity contribution < 1.29 is 0 Å². The molecule has 2 aliphatic rings. The smallest absolute Gasteiger partial charge is 0.0991 e. The second-order valence-electron chi connectivity index (χ2n) is 19.1. The van der Waals surface area contributed by atoms with E-state index in [4.69, 9.17) is 0 Å². The molecule has 0 bridgehead atoms. The summed E-state index contributed by atoms with van der Waals surface area (Å²) in [6, 6.07) is 76.6. The molecule has 2 aliphatic carbocycles. The summed E-state index contributed by atoms with van der Waals surface area (Å²) in [5.41, 5.74) is 21.7. The Morgan fingerprint density at radius 2 is 0.701 bits per heavy atom. The first-order valence-electron chi connectivity index (χ1n) is 23.0. The molecule has 10 aromatic rings. The summed E-state index contributed by atoms with van der Waals surface area (Å²) < 4.78 is 0. The number of hydrogen-bond donors (Lipinski definition) is 0. The number of rotatable bonds is 6. The molecule has 0 aromatic heterocycles. The summed E-state index contributed by atoms with van der Waals surface area (Å²) >= 11 is 0. The van der Waals surface area contributed by atoms with Crippen LogP contribution in [-0.4, -0.2) is 0 Å². The molecule has 0 aliphatic heterocycles. The Bertz CT molecular complexity index is 3690. The van der Waals surface area contributed by atoms with Gasteiger partial charge in [0.05, 0.1) is 23.3 Å². The first-order valence-corrected chi connectivity index (χ1v) is 23.0. The van der Waals surface area contributed by atoms with Gasteiger partial charge in [0.2, 0.25) is 0 Å². The van der Waals surface area contributed by atoms with Crippen molar-refractivity contribution in [2.24, 2.45) is 0 Å². The zero-order chi connectivity index (χ0) is 45.6. The lowest BCUT2D eigenvalue weighted by atomic mass is 9.79. The molecule has 316 valence electrons. The fraction of sp³-hybridized carbons (Fsp3) is 0.0938. The standard InChI is InChI=1S/C64H45N3/c1-63(2)57-15-9-7-11-49(57)51-32-24-44(36-59(51)63)61-53-13-5-6-14-54(53)62(45-25-33-52-50-12-8-10-16-58(50)64(3,4)60(52)37-45)56-35-43(23-34-55(56)61)42-21-30-48(31-22-42)67(46-26-17-40(38-65)18-27-46)47-28-19-41(39-66)20-29-47/h5-37H,1-4H3. The molecule has 12 rings (SSSR count). The van der Waals surface area contributed by atoms with Gasteiger partial charge in [-0.05, 0) is 178 Å². The number of nitriles is 2. The maximum Gasteiger partial charge on any atom is 0.0991 e. The molecule has 3 nitrogen and oxygen atoms in total. The summed E-state index contributed by atoms with van der Waals surface area (Å²) in [4.78, 5) is 2.16. The van der Waals surface area contributed by atoms with Crippen LogP contribution >= 0.6 is 0 Å². The molecule has 0 atom stereocenters. The van der Waals surface area contributed by atoms with Crippen LogP contribution in [0.15, 0.2) is 200 Å². The quantitative estimate of drug-likeness (QED) is 0.157. The average Bonchev–Trinajstić information content (AvgIpc) is 3.74. The molecule has 0 N–H and O–H groups in total. The van der Waals surface area contributed by atoms with Gasteiger partial charge in [-0.15, -0.1) is 0 Å². The van der Waals surface area contributed by atoms with E-state index in [-0.39, 0.29) is 10.8 Å². The van der Waals surface area contributed by atoms with Gasteiger partial charge >= 0.3 is 0 Å². The lowest BCUT2D eigenvalue weighted by Crippen LogP contribution is -2.15. The highest BCUT2D eigenvalue weighted by molar-refractivity contribution is 6.22. The van der Waals surface area contributed by atoms with Crippen LogP contribution in [0, 0.1) is 22.7 Å². The Morgan fingerprint density at radius 1 is 0.328 bits per heavy atom. The van der Waals surface area contributed by atoms with Crippen LogP contribution in [0.2, 0.25) is 0 Å². The predicted octanol–water partition coefficient (Wildman–Crippen LogP) is 16.8. The summed E-state index contributed by atoms with van der Waals surface area (Å²) in [6.45, 7) is 9.44. The van der Waals surface area contributed by atoms with E-state index >= 15 is 0 Å². The predicted molar refractivity (Wildman–Crippen MR) is 277 cm³/mol. The van der Waals surface area contributed by atoms with Crippen molar-refractivity contribution in [3.05, 3.63) is 234 Å². The Balaban J connectivity index is 1.06. The van der Waals surface area contributed by atoms with Gasteiger partial charge in [0.25, 0.3) is 0 Å². The highest BCUT2D eigenvalue weighted by Crippen LogP contribution is 2.54. The first kappa shape index (κ1) is 40.0. The maximum atomic E-state index is 9.55. The van der Waals surface area contributed by atoms with Crippen LogP contribution in [0.1, 0.15) is 61.1 Å². The van der Waals surface area contributed by atoms with Crippen LogP contribution in [0.5, 0.6) is 0 Å². The fourth-order valence-corrected chi connectivity index (χ4v) is 11.3. The molecule has 0 fully saturated rings. The highest BCUT2D eigenvalue weighted by atomic mass is 15.1. The van der Waals surface area contributed by atoms with Crippen LogP contribution in [0.25, 0.3) is 77.2 Å². The Kier molecular flexibility index (Phi) is 8.98. The normalized spacial score (nSPS) is 13.6. The zero-order valence-electron chi connectivity index (χ0n) is 37.9. The molecule has 0 heterocycles. The van der Waals surface area contributed by atoms with Gasteiger partial charge in [0.1, 0.15) is 0 Å². The van der Waals surface area contributed by atoms with Crippen molar-refractivity contribution in [2.75, 3.05) is 4.90 Å². The van der Waals surface area contributed by atoms with E-state index in [1.54, 1.807) is 0 Å². The molecule has 0 radical (unpaired) electrons. The molecule has 0 saturated heterocycles. The number of fused-ring (bicyclic) bond motifs is 8. The Hall–Kier alpha value is -8.50. The van der Waals surface area contributed by atoms with Crippen molar-refractivity contribution in [1.82, 2.24) is 0 Å². The van der Waals surface area contributed by atoms with Crippen LogP contribution in [0.4, 0.5) is 17.1 Å². The third kappa shape index (κ3) is 6.16. The first-order chi connectivity index (χ1) is 32.6. The monoisotopic (exact) mass is 855 g/mol. The molecule has 0 saturated carbocycles. The van der Waals surface area contributed by atoms with Gasteiger partial charge in [-0.1, -0.05) is 149 Å². The number of benzene rings is 10. The lowest BCUT2D eigenvalue weighted by Gasteiger charge is -2.26. The number of nitrogens with zero attached hydrogens (tertiary/aromatic N) is 3. The van der Waals surface area contributed by atoms with E-state index in [9.17, 15) is 10.5 Å². The molecule has 10 aromatic carbocycles. The molecule has 3 heteroatoms. The molecular weight excluding hydrogens is 811 g/mol. The molecule has 0 spiro atoms. The van der Waals surface area contributed by atoms with Gasteiger partial charge < -0.3 is 4.90 Å². The topological polar surface area (TPSA) is 50.8 Å². The van der Waals surface area contributed by atoms with E-state index in [0.717, 1.165) is 28.2 Å². The minimum Gasteiger partial charge on any atom is -0.311 e. The van der Waals surface area contributed by atoms with Crippen molar-refractivity contribution in [2.45, 2.75) is 38.5 Å². The van der Waals surface area contributed by atoms with Crippen molar-refractivity contribution in [3.63, 3.8) is 0 Å². The van der Waals surface area contributed by atoms with Crippen molar-refractivity contribution in [3.8, 4) is 67.8 Å². The number of hydrogen-bond acceptors (Lipinski definition) is 3. The van der Waals surface area contributed by atoms with Crippen LogP contribution in [-0.2, 0) is 10.8 Å². The van der Waals surface area contributed by atoms with E-state index in [1.165, 1.54) is 88.3 Å². The molecule has 67 heavy (non-hydrogen) atoms. The van der Waals surface area contributed by atoms with Gasteiger partial charge in [0.15, 0.2) is 0 Å². The molecule has 0 unspecified atom stereocenters. The lowest BCUT2D eigenvalue weighted by molar-refractivity contribution is 0.660. The second kappa shape index (κ2) is 15.0. The Morgan fingerprint density at radius 3 is 1.18 bits per heavy atom. The van der Waals surface area contributed by atoms with E-state index < -0.39 is 0 Å². The third-order valence-electron chi connectivity index (χ3n) is 14.7. The van der Waals surface area contributed by atoms with Crippen molar-refractivity contribution >= 4 is 38.6 Å². The SMILES string of the molecule is CC1(C)c2ccccc2-c2ccc(-c3c4ccccc4c(-c4ccc5c(c4)C(C)(C)c4ccccc4-5)c4cc(-c5ccc(N(c6ccc(C#N)cc6)c6ccc(C#N)cc6)cc5)ccc34)cc21. The maximum absolute atomic E-state index is 9.55. The largest absolute Gasteiger partial charge is 0.311 e. The fourth-order valence-electron chi connectivity index (χ4n) is 11.3. The summed E-state index contributed by atoms with van der Waals surface area (Å²) in [7, 11) is 0. The van der Waals surface area contributed by atoms with Gasteiger partial charge in [0, 0.05) is 27.9 Å². The molecular formula is C64H45N3. The van der Waals surface area contributed by atoms with Gasteiger partial charge in [-0.25, -0.2) is 0 Å². The average molecular weight is 856 g/mol. The number of anilines is 3. The highest BCUT2D eigenvalue weighted by Gasteiger charge is 2.37. The van der Waals surface area contributed by atoms with Gasteiger partial charge in [-0.3, -0.25) is 0 Å². The van der Waals surface area contributed by atoms with E-state index in [2.05, 4.69) is 196 Å². The van der Waals surface area contributed by atoms with E-state index in [0.29, 0.717) is 11.1 Å². The van der Waals surface area contributed by atoms with Crippen molar-refractivity contribution in [1.29, 1.82) is 10.5 Å². The summed E-state index contributed by atoms with van der Waals surface area (Å²) in [5, 5.41) is 24.0. The third-order valence-corrected chi connectivity index (χ3v) is 14.7. The van der Waals surface area contributed by atoms with Crippen LogP contribution in [0.3, 0.4) is 0 Å². The molecule has 0 amide bonds. The van der Waals surface area contributed by atoms with Gasteiger partial charge in [-0.2, -0.15) is 10.5 Å².